The Balaban J connectivity index is 1.90. The molecule has 1 nitrogen and oxygen atoms in total. The minimum absolute atomic E-state index is 0.0185. The molecule has 0 bridgehead atoms. The summed E-state index contributed by atoms with van der Waals surface area (Å²) in [7, 11) is 0. The maximum Gasteiger partial charge on any atom is 0.123 e. The van der Waals surface area contributed by atoms with Crippen molar-refractivity contribution in [1.82, 2.24) is 0 Å². The Morgan fingerprint density at radius 1 is 1.25 bits per heavy atom. The maximum atomic E-state index is 5.81. The van der Waals surface area contributed by atoms with Crippen molar-refractivity contribution in [2.24, 2.45) is 5.92 Å². The highest BCUT2D eigenvalue weighted by Gasteiger charge is 2.51. The molecule has 2 aliphatic rings. The van der Waals surface area contributed by atoms with E-state index in [0.29, 0.717) is 5.92 Å². The first-order chi connectivity index (χ1) is 7.81. The normalized spacial score (nSPS) is 32.7. The molecule has 0 radical (unpaired) electrons. The van der Waals surface area contributed by atoms with Gasteiger partial charge in [-0.1, -0.05) is 42.0 Å². The molecule has 1 heteroatoms. The van der Waals surface area contributed by atoms with Gasteiger partial charge >= 0.3 is 0 Å². The summed E-state index contributed by atoms with van der Waals surface area (Å²) < 4.78 is 5.81. The summed E-state index contributed by atoms with van der Waals surface area (Å²) in [6, 6.07) is 8.83. The molecule has 0 N–H and O–H groups in total. The molecule has 0 amide bonds. The number of allylic oxidation sites excluding steroid dienone is 1. The molecular formula is C15H18O. The average Bonchev–Trinajstić information content (AvgIpc) is 3.13. The first-order valence-electron chi connectivity index (χ1n) is 6.19. The Morgan fingerprint density at radius 3 is 2.56 bits per heavy atom. The van der Waals surface area contributed by atoms with Crippen LogP contribution in [0.25, 0.3) is 0 Å². The highest BCUT2D eigenvalue weighted by Crippen LogP contribution is 2.49. The van der Waals surface area contributed by atoms with Crippen LogP contribution < -0.4 is 0 Å². The van der Waals surface area contributed by atoms with Crippen LogP contribution in [0.5, 0.6) is 0 Å². The highest BCUT2D eigenvalue weighted by molar-refractivity contribution is 5.32. The highest BCUT2D eigenvalue weighted by atomic mass is 16.6. The summed E-state index contributed by atoms with van der Waals surface area (Å²) in [5.74, 6) is 0.587. The third kappa shape index (κ3) is 1.60. The molecule has 0 aromatic heterocycles. The fourth-order valence-electron chi connectivity index (χ4n) is 2.71. The van der Waals surface area contributed by atoms with Gasteiger partial charge in [-0.25, -0.2) is 0 Å². The zero-order valence-corrected chi connectivity index (χ0v) is 9.78. The van der Waals surface area contributed by atoms with E-state index in [1.807, 2.05) is 0 Å². The van der Waals surface area contributed by atoms with Gasteiger partial charge in [0.05, 0.1) is 6.61 Å². The van der Waals surface area contributed by atoms with Crippen molar-refractivity contribution in [3.8, 4) is 0 Å². The SMILES string of the molecule is Cc1ccc(C2(C3C=CCCC3)CO2)cc1. The van der Waals surface area contributed by atoms with E-state index in [-0.39, 0.29) is 5.60 Å². The molecule has 1 aliphatic carbocycles. The maximum absolute atomic E-state index is 5.81. The smallest absolute Gasteiger partial charge is 0.123 e. The second kappa shape index (κ2) is 3.74. The van der Waals surface area contributed by atoms with E-state index >= 15 is 0 Å². The monoisotopic (exact) mass is 214 g/mol. The summed E-state index contributed by atoms with van der Waals surface area (Å²) in [5.41, 5.74) is 2.69. The van der Waals surface area contributed by atoms with Crippen LogP contribution in [0.4, 0.5) is 0 Å². The van der Waals surface area contributed by atoms with Crippen molar-refractivity contribution in [2.75, 3.05) is 6.61 Å². The number of aryl methyl sites for hydroxylation is 1. The topological polar surface area (TPSA) is 12.5 Å². The van der Waals surface area contributed by atoms with E-state index < -0.39 is 0 Å². The minimum atomic E-state index is 0.0185. The quantitative estimate of drug-likeness (QED) is 0.541. The summed E-state index contributed by atoms with van der Waals surface area (Å²) >= 11 is 0. The van der Waals surface area contributed by atoms with Crippen LogP contribution in [-0.4, -0.2) is 6.61 Å². The number of ether oxygens (including phenoxy) is 1. The van der Waals surface area contributed by atoms with Crippen molar-refractivity contribution < 1.29 is 4.74 Å². The van der Waals surface area contributed by atoms with Gasteiger partial charge in [0.25, 0.3) is 0 Å². The molecule has 1 aromatic rings. The molecule has 1 aromatic carbocycles. The fraction of sp³-hybridized carbons (Fsp3) is 0.467. The van der Waals surface area contributed by atoms with Crippen LogP contribution in [0.15, 0.2) is 36.4 Å². The van der Waals surface area contributed by atoms with Crippen molar-refractivity contribution in [3.05, 3.63) is 47.5 Å². The molecule has 0 spiro atoms. The van der Waals surface area contributed by atoms with Gasteiger partial charge in [0.1, 0.15) is 5.60 Å². The van der Waals surface area contributed by atoms with E-state index in [0.717, 1.165) is 6.61 Å². The summed E-state index contributed by atoms with van der Waals surface area (Å²) in [6.07, 6.45) is 8.48. The predicted molar refractivity (Wildman–Crippen MR) is 65.3 cm³/mol. The number of benzene rings is 1. The lowest BCUT2D eigenvalue weighted by Gasteiger charge is -2.24. The molecule has 2 atom stereocenters. The van der Waals surface area contributed by atoms with Crippen LogP contribution in [0.1, 0.15) is 30.4 Å². The van der Waals surface area contributed by atoms with Gasteiger partial charge in [0.15, 0.2) is 0 Å². The minimum Gasteiger partial charge on any atom is -0.364 e. The molecule has 2 unspecified atom stereocenters. The summed E-state index contributed by atoms with van der Waals surface area (Å²) in [4.78, 5) is 0. The molecule has 1 saturated heterocycles. The molecule has 1 aliphatic heterocycles. The van der Waals surface area contributed by atoms with Crippen LogP contribution >= 0.6 is 0 Å². The Kier molecular flexibility index (Phi) is 2.36. The summed E-state index contributed by atoms with van der Waals surface area (Å²) in [6.45, 7) is 3.02. The lowest BCUT2D eigenvalue weighted by Crippen LogP contribution is -2.21. The lowest BCUT2D eigenvalue weighted by molar-refractivity contribution is 0.234. The van der Waals surface area contributed by atoms with E-state index in [1.165, 1.54) is 30.4 Å². The van der Waals surface area contributed by atoms with Crippen LogP contribution in [-0.2, 0) is 10.3 Å². The third-order valence-corrected chi connectivity index (χ3v) is 3.85. The van der Waals surface area contributed by atoms with Gasteiger partial charge in [-0.15, -0.1) is 0 Å². The second-order valence-electron chi connectivity index (χ2n) is 5.01. The fourth-order valence-corrected chi connectivity index (χ4v) is 2.71. The van der Waals surface area contributed by atoms with E-state index in [1.54, 1.807) is 0 Å². The average molecular weight is 214 g/mol. The van der Waals surface area contributed by atoms with Crippen molar-refractivity contribution in [1.29, 1.82) is 0 Å². The zero-order chi connectivity index (χ0) is 11.0. The molecule has 84 valence electrons. The summed E-state index contributed by atoms with van der Waals surface area (Å²) in [5, 5.41) is 0. The van der Waals surface area contributed by atoms with E-state index in [2.05, 4.69) is 43.3 Å². The van der Waals surface area contributed by atoms with Crippen LogP contribution in [0, 0.1) is 12.8 Å². The molecule has 3 rings (SSSR count). The lowest BCUT2D eigenvalue weighted by atomic mass is 9.80. The molecule has 16 heavy (non-hydrogen) atoms. The molecular weight excluding hydrogens is 196 g/mol. The van der Waals surface area contributed by atoms with E-state index in [4.69, 9.17) is 4.74 Å². The standard InChI is InChI=1S/C15H18O/c1-12-7-9-14(10-8-12)15(11-16-15)13-5-3-2-4-6-13/h3,5,7-10,13H,2,4,6,11H2,1H3. The van der Waals surface area contributed by atoms with E-state index in [9.17, 15) is 0 Å². The van der Waals surface area contributed by atoms with Gasteiger partial charge in [0, 0.05) is 5.92 Å². The van der Waals surface area contributed by atoms with Crippen LogP contribution in [0.3, 0.4) is 0 Å². The number of hydrogen-bond donors (Lipinski definition) is 0. The van der Waals surface area contributed by atoms with Crippen LogP contribution in [0.2, 0.25) is 0 Å². The van der Waals surface area contributed by atoms with Gasteiger partial charge in [-0.05, 0) is 31.7 Å². The Bertz CT molecular complexity index is 398. The first kappa shape index (κ1) is 10.1. The third-order valence-electron chi connectivity index (χ3n) is 3.85. The van der Waals surface area contributed by atoms with Gasteiger partial charge in [-0.2, -0.15) is 0 Å². The van der Waals surface area contributed by atoms with Gasteiger partial charge in [0.2, 0.25) is 0 Å². The molecule has 1 fully saturated rings. The van der Waals surface area contributed by atoms with Gasteiger partial charge in [-0.3, -0.25) is 0 Å². The molecule has 1 heterocycles. The number of hydrogen-bond acceptors (Lipinski definition) is 1. The van der Waals surface area contributed by atoms with Crippen molar-refractivity contribution in [2.45, 2.75) is 31.8 Å². The number of rotatable bonds is 2. The zero-order valence-electron chi connectivity index (χ0n) is 9.78. The number of epoxide rings is 1. The van der Waals surface area contributed by atoms with Crippen molar-refractivity contribution in [3.63, 3.8) is 0 Å². The predicted octanol–water partition coefficient (Wildman–Crippen LogP) is 3.58. The Morgan fingerprint density at radius 2 is 2.00 bits per heavy atom. The first-order valence-corrected chi connectivity index (χ1v) is 6.19. The van der Waals surface area contributed by atoms with Gasteiger partial charge < -0.3 is 4.74 Å². The Hall–Kier alpha value is -1.08. The molecule has 0 saturated carbocycles. The largest absolute Gasteiger partial charge is 0.364 e. The second-order valence-corrected chi connectivity index (χ2v) is 5.01. The Labute approximate surface area is 97.1 Å². The van der Waals surface area contributed by atoms with Crippen molar-refractivity contribution >= 4 is 0 Å².